The predicted molar refractivity (Wildman–Crippen MR) is 126 cm³/mol. The first kappa shape index (κ1) is 24.4. The van der Waals surface area contributed by atoms with E-state index in [9.17, 15) is 19.5 Å². The maximum Gasteiger partial charge on any atom is 0.326 e. The molecule has 30 heavy (non-hydrogen) atoms. The Morgan fingerprint density at radius 2 is 2.17 bits per heavy atom. The summed E-state index contributed by atoms with van der Waals surface area (Å²) < 4.78 is -0.525. The molecule has 0 aliphatic carbocycles. The fourth-order valence-electron chi connectivity index (χ4n) is 3.70. The van der Waals surface area contributed by atoms with Gasteiger partial charge in [-0.1, -0.05) is 73.7 Å². The quantitative estimate of drug-likeness (QED) is 0.236. The Morgan fingerprint density at radius 3 is 2.67 bits per heavy atom. The number of carboxylic acid groups (broad SMARTS) is 1. The smallest absolute Gasteiger partial charge is 0.326 e. The average Bonchev–Trinajstić information content (AvgIpc) is 3.01. The Kier molecular flexibility index (Phi) is 7.77. The van der Waals surface area contributed by atoms with E-state index in [0.717, 1.165) is 11.1 Å². The van der Waals surface area contributed by atoms with Gasteiger partial charge in [-0.05, 0) is 36.0 Å². The van der Waals surface area contributed by atoms with Crippen LogP contribution in [0.4, 0.5) is 0 Å². The number of carbonyl (C=O) groups is 3. The standard InChI is InChI=1S/C22H26ClIN2O4/c1-5-14(15-7-6-8-16(23)9-15)10-22(24)11-17(20(29)30)26(12-22)19(28)18(25-13-27)21(2,3)4/h6-9,13,17-18H,1,10-12H2,2-4H3,(H,25,27)(H,29,30)/t17-,18+,22+/m0/s1. The lowest BCUT2D eigenvalue weighted by atomic mass is 9.86. The minimum Gasteiger partial charge on any atom is -0.480 e. The molecule has 1 aliphatic heterocycles. The van der Waals surface area contributed by atoms with Gasteiger partial charge in [0, 0.05) is 20.6 Å². The van der Waals surface area contributed by atoms with Crippen LogP contribution in [-0.4, -0.2) is 50.3 Å². The Labute approximate surface area is 195 Å². The van der Waals surface area contributed by atoms with Gasteiger partial charge >= 0.3 is 5.97 Å². The first-order chi connectivity index (χ1) is 13.9. The number of hydrogen-bond donors (Lipinski definition) is 2. The molecule has 0 aromatic heterocycles. The molecule has 0 unspecified atom stereocenters. The van der Waals surface area contributed by atoms with Crippen LogP contribution >= 0.6 is 34.2 Å². The Hall–Kier alpha value is -1.83. The number of carbonyl (C=O) groups excluding carboxylic acids is 2. The van der Waals surface area contributed by atoms with Crippen LogP contribution in [0, 0.1) is 5.41 Å². The monoisotopic (exact) mass is 544 g/mol. The van der Waals surface area contributed by atoms with E-state index >= 15 is 0 Å². The second-order valence-electron chi connectivity index (χ2n) is 8.60. The van der Waals surface area contributed by atoms with E-state index in [0.29, 0.717) is 17.9 Å². The highest BCUT2D eigenvalue weighted by atomic mass is 127. The largest absolute Gasteiger partial charge is 0.480 e. The number of carboxylic acids is 1. The third-order valence-electron chi connectivity index (χ3n) is 5.18. The van der Waals surface area contributed by atoms with E-state index < -0.39 is 32.8 Å². The van der Waals surface area contributed by atoms with E-state index in [1.54, 1.807) is 6.07 Å². The summed E-state index contributed by atoms with van der Waals surface area (Å²) in [4.78, 5) is 37.6. The lowest BCUT2D eigenvalue weighted by Crippen LogP contribution is -2.55. The maximum atomic E-state index is 13.2. The number of hydrogen-bond acceptors (Lipinski definition) is 3. The summed E-state index contributed by atoms with van der Waals surface area (Å²) in [6, 6.07) is 5.52. The zero-order valence-electron chi connectivity index (χ0n) is 17.2. The number of aliphatic carboxylic acids is 1. The molecule has 1 aromatic carbocycles. The number of nitrogens with zero attached hydrogens (tertiary/aromatic N) is 1. The first-order valence-corrected chi connectivity index (χ1v) is 10.9. The van der Waals surface area contributed by atoms with Gasteiger partial charge < -0.3 is 15.3 Å². The lowest BCUT2D eigenvalue weighted by molar-refractivity contribution is -0.150. The minimum atomic E-state index is -1.06. The van der Waals surface area contributed by atoms with Gasteiger partial charge in [0.25, 0.3) is 0 Å². The molecule has 1 fully saturated rings. The molecule has 0 spiro atoms. The van der Waals surface area contributed by atoms with Crippen molar-refractivity contribution in [3.63, 3.8) is 0 Å². The summed E-state index contributed by atoms with van der Waals surface area (Å²) in [7, 11) is 0. The molecule has 0 radical (unpaired) electrons. The fraction of sp³-hybridized carbons (Fsp3) is 0.455. The highest BCUT2D eigenvalue weighted by Crippen LogP contribution is 2.43. The van der Waals surface area contributed by atoms with Crippen LogP contribution in [0.3, 0.4) is 0 Å². The second-order valence-corrected chi connectivity index (χ2v) is 11.3. The van der Waals surface area contributed by atoms with Crippen LogP contribution in [0.5, 0.6) is 0 Å². The first-order valence-electron chi connectivity index (χ1n) is 9.48. The molecule has 2 N–H and O–H groups in total. The molecule has 6 nitrogen and oxygen atoms in total. The molecular weight excluding hydrogens is 519 g/mol. The number of nitrogens with one attached hydrogen (secondary N) is 1. The van der Waals surface area contributed by atoms with Crippen molar-refractivity contribution < 1.29 is 19.5 Å². The number of halogens is 2. The SMILES string of the molecule is C=C=C(C[C@@]1(I)C[C@@H](C(=O)O)N(C(=O)[C@@H](NC=O)C(C)(C)C)C1)c1cccc(Cl)c1. The topological polar surface area (TPSA) is 86.7 Å². The van der Waals surface area contributed by atoms with Gasteiger partial charge in [0.15, 0.2) is 0 Å². The number of likely N-dealkylation sites (tertiary alicyclic amines) is 1. The van der Waals surface area contributed by atoms with Crippen LogP contribution in [0.15, 0.2) is 36.6 Å². The van der Waals surface area contributed by atoms with Gasteiger partial charge in [0.05, 0.1) is 0 Å². The van der Waals surface area contributed by atoms with E-state index in [2.05, 4.69) is 40.2 Å². The molecule has 1 heterocycles. The molecule has 2 amide bonds. The number of benzene rings is 1. The zero-order valence-corrected chi connectivity index (χ0v) is 20.2. The van der Waals surface area contributed by atoms with Crippen LogP contribution in [-0.2, 0) is 14.4 Å². The second kappa shape index (κ2) is 9.54. The van der Waals surface area contributed by atoms with Crippen molar-refractivity contribution in [1.29, 1.82) is 0 Å². The Balaban J connectivity index is 2.33. The highest BCUT2D eigenvalue weighted by Gasteiger charge is 2.50. The molecule has 1 aliphatic rings. The summed E-state index contributed by atoms with van der Waals surface area (Å²) in [6.07, 6.45) is 1.24. The lowest BCUT2D eigenvalue weighted by Gasteiger charge is -2.34. The highest BCUT2D eigenvalue weighted by molar-refractivity contribution is 14.1. The van der Waals surface area contributed by atoms with Gasteiger partial charge in [0.1, 0.15) is 12.1 Å². The van der Waals surface area contributed by atoms with Crippen LogP contribution in [0.25, 0.3) is 5.57 Å². The van der Waals surface area contributed by atoms with E-state index in [1.165, 1.54) is 4.90 Å². The normalized spacial score (nSPS) is 22.2. The summed E-state index contributed by atoms with van der Waals surface area (Å²) in [5, 5.41) is 12.9. The molecule has 8 heteroatoms. The van der Waals surface area contributed by atoms with Crippen molar-refractivity contribution in [2.24, 2.45) is 5.41 Å². The van der Waals surface area contributed by atoms with E-state index in [1.807, 2.05) is 39.0 Å². The summed E-state index contributed by atoms with van der Waals surface area (Å²) in [5.41, 5.74) is 4.05. The summed E-state index contributed by atoms with van der Waals surface area (Å²) >= 11 is 8.34. The minimum absolute atomic E-state index is 0.238. The zero-order chi connectivity index (χ0) is 22.7. The molecule has 1 saturated heterocycles. The number of rotatable bonds is 7. The number of alkyl halides is 1. The van der Waals surface area contributed by atoms with Crippen molar-refractivity contribution in [3.8, 4) is 0 Å². The summed E-state index contributed by atoms with van der Waals surface area (Å²) in [6.45, 7) is 9.50. The third kappa shape index (κ3) is 5.65. The Morgan fingerprint density at radius 1 is 1.50 bits per heavy atom. The average molecular weight is 545 g/mol. The van der Waals surface area contributed by atoms with Crippen molar-refractivity contribution in [2.45, 2.75) is 49.1 Å². The molecule has 1 aromatic rings. The van der Waals surface area contributed by atoms with Gasteiger partial charge in [-0.25, -0.2) is 4.79 Å². The van der Waals surface area contributed by atoms with Gasteiger partial charge in [-0.3, -0.25) is 9.59 Å². The van der Waals surface area contributed by atoms with Crippen LogP contribution < -0.4 is 5.32 Å². The van der Waals surface area contributed by atoms with Crippen molar-refractivity contribution in [1.82, 2.24) is 10.2 Å². The van der Waals surface area contributed by atoms with E-state index in [4.69, 9.17) is 11.6 Å². The Bertz CT molecular complexity index is 891. The predicted octanol–water partition coefficient (Wildman–Crippen LogP) is 3.92. The molecule has 2 rings (SSSR count). The summed E-state index contributed by atoms with van der Waals surface area (Å²) in [5.74, 6) is -1.46. The van der Waals surface area contributed by atoms with Crippen LogP contribution in [0.2, 0.25) is 5.02 Å². The molecule has 0 bridgehead atoms. The van der Waals surface area contributed by atoms with Crippen molar-refractivity contribution in [3.05, 3.63) is 47.2 Å². The third-order valence-corrected chi connectivity index (χ3v) is 6.58. The maximum absolute atomic E-state index is 13.2. The van der Waals surface area contributed by atoms with Crippen LogP contribution in [0.1, 0.15) is 39.2 Å². The molecule has 3 atom stereocenters. The van der Waals surface area contributed by atoms with Crippen molar-refractivity contribution in [2.75, 3.05) is 6.54 Å². The number of allylic oxidation sites excluding steroid dienone is 1. The van der Waals surface area contributed by atoms with Gasteiger partial charge in [-0.2, -0.15) is 0 Å². The molecule has 0 saturated carbocycles. The van der Waals surface area contributed by atoms with Crippen molar-refractivity contribution >= 4 is 58.1 Å². The van der Waals surface area contributed by atoms with E-state index in [-0.39, 0.29) is 13.0 Å². The van der Waals surface area contributed by atoms with Gasteiger partial charge in [0.2, 0.25) is 12.3 Å². The van der Waals surface area contributed by atoms with Gasteiger partial charge in [-0.15, -0.1) is 5.73 Å². The number of amides is 2. The fourth-order valence-corrected chi connectivity index (χ4v) is 5.06. The molecular formula is C22H26ClIN2O4. The molecule has 162 valence electrons.